The summed E-state index contributed by atoms with van der Waals surface area (Å²) in [5, 5.41) is 11.6. The molecule has 0 spiro atoms. The summed E-state index contributed by atoms with van der Waals surface area (Å²) in [5.41, 5.74) is 0.00507. The van der Waals surface area contributed by atoms with Gasteiger partial charge in [-0.3, -0.25) is 0 Å². The zero-order valence-corrected chi connectivity index (χ0v) is 12.2. The second kappa shape index (κ2) is 7.52. The Kier molecular flexibility index (Phi) is 6.02. The molecule has 0 aromatic carbocycles. The van der Waals surface area contributed by atoms with Gasteiger partial charge in [0, 0.05) is 32.4 Å². The third kappa shape index (κ3) is 4.25. The van der Waals surface area contributed by atoms with E-state index >= 15 is 0 Å². The predicted molar refractivity (Wildman–Crippen MR) is 74.7 cm³/mol. The van der Waals surface area contributed by atoms with Gasteiger partial charge in [-0.15, -0.1) is 0 Å². The lowest BCUT2D eigenvalue weighted by Crippen LogP contribution is -2.44. The monoisotopic (exact) mass is 282 g/mol. The number of aromatic carboxylic acids is 1. The maximum atomic E-state index is 11.9. The maximum absolute atomic E-state index is 11.9. The molecule has 0 bridgehead atoms. The zero-order chi connectivity index (χ0) is 15.1. The van der Waals surface area contributed by atoms with E-state index in [0.29, 0.717) is 13.1 Å². The summed E-state index contributed by atoms with van der Waals surface area (Å²) in [6.45, 7) is 5.02. The first-order chi connectivity index (χ1) is 9.49. The summed E-state index contributed by atoms with van der Waals surface area (Å²) in [5.74, 6) is -1.05. The van der Waals surface area contributed by atoms with Gasteiger partial charge >= 0.3 is 12.0 Å². The first kappa shape index (κ1) is 16.0. The Morgan fingerprint density at radius 3 is 2.60 bits per heavy atom. The number of nitrogens with one attached hydrogen (secondary N) is 1. The standard InChI is InChI=1S/C13H22N4O3/c1-4-10(5-2)16(3)13(20)14-6-7-17-8-11(12(18)19)15-9-17/h8-10H,4-7H2,1-3H3,(H,14,20)(H,18,19). The SMILES string of the molecule is CCC(CC)N(C)C(=O)NCCn1cnc(C(=O)O)c1. The Morgan fingerprint density at radius 2 is 2.10 bits per heavy atom. The van der Waals surface area contributed by atoms with E-state index in [0.717, 1.165) is 12.8 Å². The van der Waals surface area contributed by atoms with E-state index in [2.05, 4.69) is 24.1 Å². The smallest absolute Gasteiger partial charge is 0.356 e. The number of urea groups is 1. The third-order valence-corrected chi connectivity index (χ3v) is 3.31. The molecule has 112 valence electrons. The quantitative estimate of drug-likeness (QED) is 0.791. The number of carbonyl (C=O) groups excluding carboxylic acids is 1. The number of imidazole rings is 1. The second-order valence-corrected chi connectivity index (χ2v) is 4.62. The third-order valence-electron chi connectivity index (χ3n) is 3.31. The van der Waals surface area contributed by atoms with Crippen LogP contribution >= 0.6 is 0 Å². The van der Waals surface area contributed by atoms with Crippen molar-refractivity contribution in [3.8, 4) is 0 Å². The van der Waals surface area contributed by atoms with Gasteiger partial charge in [-0.2, -0.15) is 0 Å². The van der Waals surface area contributed by atoms with Gasteiger partial charge in [-0.05, 0) is 12.8 Å². The minimum Gasteiger partial charge on any atom is -0.476 e. The van der Waals surface area contributed by atoms with E-state index in [1.54, 1.807) is 16.5 Å². The fourth-order valence-electron chi connectivity index (χ4n) is 2.01. The van der Waals surface area contributed by atoms with E-state index in [-0.39, 0.29) is 17.8 Å². The number of hydrogen-bond acceptors (Lipinski definition) is 3. The molecule has 0 atom stereocenters. The molecule has 0 fully saturated rings. The largest absolute Gasteiger partial charge is 0.476 e. The van der Waals surface area contributed by atoms with Crippen LogP contribution in [0, 0.1) is 0 Å². The zero-order valence-electron chi connectivity index (χ0n) is 12.2. The molecule has 0 aliphatic heterocycles. The molecule has 0 radical (unpaired) electrons. The van der Waals surface area contributed by atoms with E-state index in [4.69, 9.17) is 5.11 Å². The van der Waals surface area contributed by atoms with Crippen molar-refractivity contribution in [1.82, 2.24) is 19.8 Å². The van der Waals surface area contributed by atoms with Crippen molar-refractivity contribution in [1.29, 1.82) is 0 Å². The topological polar surface area (TPSA) is 87.5 Å². The molecule has 0 aliphatic carbocycles. The first-order valence-corrected chi connectivity index (χ1v) is 6.75. The van der Waals surface area contributed by atoms with Gasteiger partial charge < -0.3 is 19.9 Å². The fourth-order valence-corrected chi connectivity index (χ4v) is 2.01. The summed E-state index contributed by atoms with van der Waals surface area (Å²) >= 11 is 0. The van der Waals surface area contributed by atoms with Crippen molar-refractivity contribution >= 4 is 12.0 Å². The molecule has 7 nitrogen and oxygen atoms in total. The van der Waals surface area contributed by atoms with Crippen LogP contribution in [0.5, 0.6) is 0 Å². The molecular formula is C13H22N4O3. The average Bonchev–Trinajstić information content (AvgIpc) is 2.89. The highest BCUT2D eigenvalue weighted by Gasteiger charge is 2.15. The minimum absolute atomic E-state index is 0.00507. The lowest BCUT2D eigenvalue weighted by atomic mass is 10.1. The van der Waals surface area contributed by atoms with Crippen LogP contribution in [0.4, 0.5) is 4.79 Å². The molecule has 1 aromatic rings. The van der Waals surface area contributed by atoms with E-state index in [9.17, 15) is 9.59 Å². The summed E-state index contributed by atoms with van der Waals surface area (Å²) in [7, 11) is 1.78. The molecule has 0 aliphatic rings. The molecule has 2 N–H and O–H groups in total. The highest BCUT2D eigenvalue weighted by molar-refractivity contribution is 5.84. The molecule has 1 heterocycles. The normalized spacial score (nSPS) is 10.6. The summed E-state index contributed by atoms with van der Waals surface area (Å²) in [4.78, 5) is 28.0. The molecule has 0 unspecified atom stereocenters. The molecule has 1 rings (SSSR count). The molecule has 7 heteroatoms. The van der Waals surface area contributed by atoms with Crippen LogP contribution in [-0.4, -0.2) is 51.2 Å². The Hall–Kier alpha value is -2.05. The van der Waals surface area contributed by atoms with Gasteiger partial charge in [0.1, 0.15) is 0 Å². The van der Waals surface area contributed by atoms with Gasteiger partial charge in [0.2, 0.25) is 0 Å². The van der Waals surface area contributed by atoms with Crippen LogP contribution < -0.4 is 5.32 Å². The maximum Gasteiger partial charge on any atom is 0.356 e. The predicted octanol–water partition coefficient (Wildman–Crippen LogP) is 1.41. The molecular weight excluding hydrogens is 260 g/mol. The van der Waals surface area contributed by atoms with Crippen LogP contribution in [-0.2, 0) is 6.54 Å². The van der Waals surface area contributed by atoms with Crippen molar-refractivity contribution in [2.24, 2.45) is 0 Å². The van der Waals surface area contributed by atoms with Crippen LogP contribution in [0.2, 0.25) is 0 Å². The van der Waals surface area contributed by atoms with E-state index < -0.39 is 5.97 Å². The lowest BCUT2D eigenvalue weighted by Gasteiger charge is -2.26. The Labute approximate surface area is 118 Å². The van der Waals surface area contributed by atoms with Crippen LogP contribution in [0.15, 0.2) is 12.5 Å². The molecule has 2 amide bonds. The lowest BCUT2D eigenvalue weighted by molar-refractivity contribution is 0.0691. The van der Waals surface area contributed by atoms with Crippen molar-refractivity contribution in [2.45, 2.75) is 39.3 Å². The Bertz CT molecular complexity index is 454. The van der Waals surface area contributed by atoms with Gasteiger partial charge in [0.25, 0.3) is 0 Å². The van der Waals surface area contributed by atoms with Crippen molar-refractivity contribution in [3.63, 3.8) is 0 Å². The van der Waals surface area contributed by atoms with Crippen molar-refractivity contribution < 1.29 is 14.7 Å². The Balaban J connectivity index is 2.39. The van der Waals surface area contributed by atoms with Gasteiger partial charge in [-0.1, -0.05) is 13.8 Å². The van der Waals surface area contributed by atoms with Gasteiger partial charge in [-0.25, -0.2) is 14.6 Å². The summed E-state index contributed by atoms with van der Waals surface area (Å²) in [6.07, 6.45) is 4.73. The fraction of sp³-hybridized carbons (Fsp3) is 0.615. The number of carbonyl (C=O) groups is 2. The minimum atomic E-state index is -1.05. The van der Waals surface area contributed by atoms with Crippen molar-refractivity contribution in [3.05, 3.63) is 18.2 Å². The van der Waals surface area contributed by atoms with Gasteiger partial charge in [0.05, 0.1) is 6.33 Å². The van der Waals surface area contributed by atoms with E-state index in [1.807, 2.05) is 0 Å². The van der Waals surface area contributed by atoms with Crippen LogP contribution in [0.1, 0.15) is 37.2 Å². The van der Waals surface area contributed by atoms with E-state index in [1.165, 1.54) is 12.5 Å². The number of hydrogen-bond donors (Lipinski definition) is 2. The molecule has 0 saturated heterocycles. The van der Waals surface area contributed by atoms with Crippen LogP contribution in [0.25, 0.3) is 0 Å². The number of rotatable bonds is 7. The number of carboxylic acids is 1. The second-order valence-electron chi connectivity index (χ2n) is 4.62. The highest BCUT2D eigenvalue weighted by atomic mass is 16.4. The highest BCUT2D eigenvalue weighted by Crippen LogP contribution is 2.05. The average molecular weight is 282 g/mol. The first-order valence-electron chi connectivity index (χ1n) is 6.75. The number of amides is 2. The molecule has 0 saturated carbocycles. The van der Waals surface area contributed by atoms with Crippen molar-refractivity contribution in [2.75, 3.05) is 13.6 Å². The summed E-state index contributed by atoms with van der Waals surface area (Å²) < 4.78 is 1.64. The molecule has 1 aromatic heterocycles. The number of nitrogens with zero attached hydrogens (tertiary/aromatic N) is 3. The molecule has 20 heavy (non-hydrogen) atoms. The summed E-state index contributed by atoms with van der Waals surface area (Å²) in [6, 6.07) is 0.124. The van der Waals surface area contributed by atoms with Crippen LogP contribution in [0.3, 0.4) is 0 Å². The van der Waals surface area contributed by atoms with Gasteiger partial charge in [0.15, 0.2) is 5.69 Å². The number of carboxylic acid groups (broad SMARTS) is 1. The Morgan fingerprint density at radius 1 is 1.45 bits per heavy atom. The number of aromatic nitrogens is 2.